The molecule has 0 radical (unpaired) electrons. The third kappa shape index (κ3) is 4.16. The molecule has 114 valence electrons. The van der Waals surface area contributed by atoms with Crippen molar-refractivity contribution in [2.75, 3.05) is 0 Å². The van der Waals surface area contributed by atoms with Crippen LogP contribution in [0, 0.1) is 13.8 Å². The Hall–Kier alpha value is -1.15. The number of fused-ring (bicyclic) bond motifs is 1. The van der Waals surface area contributed by atoms with Gasteiger partial charge < -0.3 is 0 Å². The molecule has 2 aromatic heterocycles. The normalized spacial score (nSPS) is 11.2. The number of nitrogens with zero attached hydrogens (tertiary/aromatic N) is 2. The van der Waals surface area contributed by atoms with Crippen molar-refractivity contribution in [1.29, 1.82) is 0 Å². The number of pyridine rings is 2. The van der Waals surface area contributed by atoms with E-state index in [1.807, 2.05) is 26.0 Å². The molecule has 0 saturated carbocycles. The Balaban J connectivity index is 2.07. The molecule has 2 aromatic rings. The lowest BCUT2D eigenvalue weighted by atomic mass is 10.0. The van der Waals surface area contributed by atoms with E-state index in [2.05, 4.69) is 16.9 Å². The monoisotopic (exact) mass is 304 g/mol. The molecule has 2 heterocycles. The summed E-state index contributed by atoms with van der Waals surface area (Å²) in [6, 6.07) is 4.04. The molecule has 0 fully saturated rings. The average molecular weight is 305 g/mol. The maximum absolute atomic E-state index is 6.58. The molecule has 21 heavy (non-hydrogen) atoms. The van der Waals surface area contributed by atoms with E-state index in [0.29, 0.717) is 0 Å². The number of hydrogen-bond donors (Lipinski definition) is 0. The van der Waals surface area contributed by atoms with Crippen molar-refractivity contribution in [1.82, 2.24) is 9.97 Å². The smallest absolute Gasteiger partial charge is 0.161 e. The molecule has 0 amide bonds. The predicted octanol–water partition coefficient (Wildman–Crippen LogP) is 5.80. The largest absolute Gasteiger partial charge is 0.233 e. The number of hydrogen-bond acceptors (Lipinski definition) is 2. The van der Waals surface area contributed by atoms with Crippen molar-refractivity contribution in [2.24, 2.45) is 0 Å². The zero-order chi connectivity index (χ0) is 15.2. The van der Waals surface area contributed by atoms with E-state index in [1.54, 1.807) is 0 Å². The van der Waals surface area contributed by atoms with Gasteiger partial charge in [-0.3, -0.25) is 0 Å². The van der Waals surface area contributed by atoms with Crippen molar-refractivity contribution >= 4 is 22.6 Å². The first-order valence-electron chi connectivity index (χ1n) is 8.05. The Kier molecular flexibility index (Phi) is 5.98. The van der Waals surface area contributed by atoms with Crippen LogP contribution in [0.5, 0.6) is 0 Å². The van der Waals surface area contributed by atoms with E-state index in [-0.39, 0.29) is 0 Å². The Morgan fingerprint density at radius 1 is 0.952 bits per heavy atom. The molecule has 0 unspecified atom stereocenters. The lowest BCUT2D eigenvalue weighted by molar-refractivity contribution is 0.606. The van der Waals surface area contributed by atoms with Gasteiger partial charge in [0.15, 0.2) is 5.65 Å². The SMILES string of the molecule is CCCCCCCCc1c(C)nc2nc(C)ccc2c1Cl. The van der Waals surface area contributed by atoms with Gasteiger partial charge in [0.2, 0.25) is 0 Å². The van der Waals surface area contributed by atoms with Crippen LogP contribution in [0.1, 0.15) is 62.4 Å². The van der Waals surface area contributed by atoms with Crippen LogP contribution in [0.2, 0.25) is 5.02 Å². The Labute approximate surface area is 133 Å². The summed E-state index contributed by atoms with van der Waals surface area (Å²) >= 11 is 6.58. The maximum Gasteiger partial charge on any atom is 0.161 e. The minimum atomic E-state index is 0.768. The fourth-order valence-corrected chi connectivity index (χ4v) is 3.10. The van der Waals surface area contributed by atoms with E-state index < -0.39 is 0 Å². The van der Waals surface area contributed by atoms with Crippen molar-refractivity contribution in [2.45, 2.75) is 65.7 Å². The minimum absolute atomic E-state index is 0.768. The van der Waals surface area contributed by atoms with Gasteiger partial charge in [0, 0.05) is 16.8 Å². The molecule has 0 aromatic carbocycles. The second-order valence-corrected chi connectivity index (χ2v) is 6.21. The zero-order valence-electron chi connectivity index (χ0n) is 13.4. The van der Waals surface area contributed by atoms with Gasteiger partial charge in [-0.15, -0.1) is 0 Å². The fourth-order valence-electron chi connectivity index (χ4n) is 2.72. The van der Waals surface area contributed by atoms with Gasteiger partial charge in [-0.1, -0.05) is 50.6 Å². The number of aryl methyl sites for hydroxylation is 2. The molecule has 2 rings (SSSR count). The summed E-state index contributed by atoms with van der Waals surface area (Å²) in [6.45, 7) is 6.27. The summed E-state index contributed by atoms with van der Waals surface area (Å²) in [6.07, 6.45) is 8.81. The van der Waals surface area contributed by atoms with Gasteiger partial charge >= 0.3 is 0 Å². The summed E-state index contributed by atoms with van der Waals surface area (Å²) in [5.74, 6) is 0. The first-order chi connectivity index (χ1) is 10.1. The van der Waals surface area contributed by atoms with Crippen molar-refractivity contribution in [3.8, 4) is 0 Å². The fraction of sp³-hybridized carbons (Fsp3) is 0.556. The van der Waals surface area contributed by atoms with E-state index in [4.69, 9.17) is 11.6 Å². The Morgan fingerprint density at radius 2 is 1.67 bits per heavy atom. The van der Waals surface area contributed by atoms with Crippen molar-refractivity contribution in [3.05, 3.63) is 34.1 Å². The van der Waals surface area contributed by atoms with Crippen molar-refractivity contribution in [3.63, 3.8) is 0 Å². The summed E-state index contributed by atoms with van der Waals surface area (Å²) in [7, 11) is 0. The highest BCUT2D eigenvalue weighted by molar-refractivity contribution is 6.36. The standard InChI is InChI=1S/C18H25ClN2/c1-4-5-6-7-8-9-10-15-14(3)21-18-16(17(15)19)12-11-13(2)20-18/h11-12H,4-10H2,1-3H3. The average Bonchev–Trinajstić information content (AvgIpc) is 2.45. The number of halogens is 1. The van der Waals surface area contributed by atoms with Gasteiger partial charge in [-0.05, 0) is 44.4 Å². The molecular weight excluding hydrogens is 280 g/mol. The molecule has 0 aliphatic carbocycles. The molecule has 0 atom stereocenters. The summed E-state index contributed by atoms with van der Waals surface area (Å²) in [4.78, 5) is 9.10. The molecule has 3 heteroatoms. The van der Waals surface area contributed by atoms with E-state index in [0.717, 1.165) is 33.9 Å². The highest BCUT2D eigenvalue weighted by Gasteiger charge is 2.11. The van der Waals surface area contributed by atoms with Crippen LogP contribution in [-0.4, -0.2) is 9.97 Å². The minimum Gasteiger partial charge on any atom is -0.233 e. The highest BCUT2D eigenvalue weighted by Crippen LogP contribution is 2.28. The topological polar surface area (TPSA) is 25.8 Å². The van der Waals surface area contributed by atoms with Gasteiger partial charge in [0.05, 0.1) is 5.02 Å². The third-order valence-corrected chi connectivity index (χ3v) is 4.44. The van der Waals surface area contributed by atoms with Gasteiger partial charge in [0.25, 0.3) is 0 Å². The molecule has 0 saturated heterocycles. The number of aromatic nitrogens is 2. The molecule has 0 bridgehead atoms. The van der Waals surface area contributed by atoms with Gasteiger partial charge in [-0.2, -0.15) is 0 Å². The van der Waals surface area contributed by atoms with Gasteiger partial charge in [-0.25, -0.2) is 9.97 Å². The number of unbranched alkanes of at least 4 members (excludes halogenated alkanes) is 5. The first-order valence-corrected chi connectivity index (χ1v) is 8.43. The first kappa shape index (κ1) is 16.2. The predicted molar refractivity (Wildman–Crippen MR) is 91.1 cm³/mol. The van der Waals surface area contributed by atoms with Crippen LogP contribution in [0.3, 0.4) is 0 Å². The molecule has 0 N–H and O–H groups in total. The number of rotatable bonds is 7. The molecule has 2 nitrogen and oxygen atoms in total. The van der Waals surface area contributed by atoms with Crippen LogP contribution in [0.4, 0.5) is 0 Å². The zero-order valence-corrected chi connectivity index (χ0v) is 14.1. The van der Waals surface area contributed by atoms with Crippen LogP contribution in [0.15, 0.2) is 12.1 Å². The lowest BCUT2D eigenvalue weighted by Gasteiger charge is -2.11. The molecule has 0 aliphatic heterocycles. The summed E-state index contributed by atoms with van der Waals surface area (Å²) in [5.41, 5.74) is 3.97. The van der Waals surface area contributed by atoms with E-state index >= 15 is 0 Å². The second kappa shape index (κ2) is 7.74. The van der Waals surface area contributed by atoms with Crippen LogP contribution in [-0.2, 0) is 6.42 Å². The van der Waals surface area contributed by atoms with Crippen molar-refractivity contribution < 1.29 is 0 Å². The van der Waals surface area contributed by atoms with Crippen LogP contribution < -0.4 is 0 Å². The van der Waals surface area contributed by atoms with Gasteiger partial charge in [0.1, 0.15) is 0 Å². The quantitative estimate of drug-likeness (QED) is 0.604. The molecule has 0 aliphatic rings. The Bertz CT molecular complexity index is 608. The maximum atomic E-state index is 6.58. The van der Waals surface area contributed by atoms with E-state index in [9.17, 15) is 0 Å². The van der Waals surface area contributed by atoms with E-state index in [1.165, 1.54) is 44.1 Å². The Morgan fingerprint density at radius 3 is 2.43 bits per heavy atom. The van der Waals surface area contributed by atoms with Crippen LogP contribution in [0.25, 0.3) is 11.0 Å². The lowest BCUT2D eigenvalue weighted by Crippen LogP contribution is -1.98. The molecule has 0 spiro atoms. The summed E-state index contributed by atoms with van der Waals surface area (Å²) in [5, 5.41) is 1.83. The highest BCUT2D eigenvalue weighted by atomic mass is 35.5. The summed E-state index contributed by atoms with van der Waals surface area (Å²) < 4.78 is 0. The van der Waals surface area contributed by atoms with Crippen LogP contribution >= 0.6 is 11.6 Å². The molecular formula is C18H25ClN2. The third-order valence-electron chi connectivity index (χ3n) is 4.01. The second-order valence-electron chi connectivity index (χ2n) is 5.83.